The Morgan fingerprint density at radius 3 is 3.00 bits per heavy atom. The lowest BCUT2D eigenvalue weighted by atomic mass is 10.2. The Bertz CT molecular complexity index is 431. The van der Waals surface area contributed by atoms with Crippen molar-refractivity contribution in [3.63, 3.8) is 0 Å². The molecule has 2 nitrogen and oxygen atoms in total. The van der Waals surface area contributed by atoms with Crippen LogP contribution in [0.3, 0.4) is 0 Å². The normalized spacial score (nSPS) is 13.5. The first kappa shape index (κ1) is 8.63. The van der Waals surface area contributed by atoms with E-state index >= 15 is 0 Å². The minimum absolute atomic E-state index is 0.266. The van der Waals surface area contributed by atoms with E-state index in [1.54, 1.807) is 0 Å². The number of rotatable bonds is 1. The summed E-state index contributed by atoms with van der Waals surface area (Å²) in [6.45, 7) is 4.11. The average molecular weight is 192 g/mol. The first-order valence-electron chi connectivity index (χ1n) is 4.30. The topological polar surface area (TPSA) is 17.3 Å². The Balaban J connectivity index is 2.63. The molecular weight excluding hydrogens is 180 g/mol. The van der Waals surface area contributed by atoms with E-state index in [1.165, 1.54) is 5.56 Å². The van der Waals surface area contributed by atoms with Crippen LogP contribution >= 0.6 is 12.6 Å². The van der Waals surface area contributed by atoms with E-state index in [9.17, 15) is 0 Å². The van der Waals surface area contributed by atoms with Gasteiger partial charge in [-0.2, -0.15) is 12.6 Å². The number of thiol groups is 1. The molecule has 1 unspecified atom stereocenters. The number of aryl methyl sites for hydroxylation is 1. The standard InChI is InChI=1S/C10H12N2S/c1-7-6-11-10-5-9(8(2)13)3-4-12(7)10/h3-6,8,13H,1-2H3. The summed E-state index contributed by atoms with van der Waals surface area (Å²) >= 11 is 4.38. The van der Waals surface area contributed by atoms with E-state index in [2.05, 4.69) is 41.1 Å². The Labute approximate surface area is 83.0 Å². The molecule has 0 saturated heterocycles. The molecule has 0 aromatic carbocycles. The Kier molecular flexibility index (Phi) is 2.04. The number of imidazole rings is 1. The molecule has 68 valence electrons. The van der Waals surface area contributed by atoms with Crippen LogP contribution in [0.4, 0.5) is 0 Å². The maximum atomic E-state index is 4.38. The lowest BCUT2D eigenvalue weighted by Gasteiger charge is -2.04. The van der Waals surface area contributed by atoms with Gasteiger partial charge in [0.25, 0.3) is 0 Å². The van der Waals surface area contributed by atoms with Crippen LogP contribution in [0, 0.1) is 6.92 Å². The molecule has 0 aliphatic carbocycles. The minimum atomic E-state index is 0.266. The van der Waals surface area contributed by atoms with Crippen LogP contribution in [-0.4, -0.2) is 9.38 Å². The van der Waals surface area contributed by atoms with Crippen LogP contribution in [0.15, 0.2) is 24.5 Å². The molecule has 0 bridgehead atoms. The van der Waals surface area contributed by atoms with Gasteiger partial charge in [-0.25, -0.2) is 4.98 Å². The van der Waals surface area contributed by atoms with Crippen molar-refractivity contribution in [1.29, 1.82) is 0 Å². The highest BCUT2D eigenvalue weighted by Crippen LogP contribution is 2.20. The van der Waals surface area contributed by atoms with Gasteiger partial charge in [-0.1, -0.05) is 0 Å². The summed E-state index contributed by atoms with van der Waals surface area (Å²) < 4.78 is 2.07. The van der Waals surface area contributed by atoms with E-state index in [0.717, 1.165) is 11.3 Å². The molecule has 1 atom stereocenters. The van der Waals surface area contributed by atoms with Gasteiger partial charge >= 0.3 is 0 Å². The zero-order valence-corrected chi connectivity index (χ0v) is 8.62. The monoisotopic (exact) mass is 192 g/mol. The third kappa shape index (κ3) is 1.44. The van der Waals surface area contributed by atoms with Crippen LogP contribution in [0.1, 0.15) is 23.4 Å². The molecule has 0 saturated carbocycles. The van der Waals surface area contributed by atoms with Crippen LogP contribution in [0.25, 0.3) is 5.65 Å². The third-order valence-corrected chi connectivity index (χ3v) is 2.50. The van der Waals surface area contributed by atoms with Gasteiger partial charge in [-0.05, 0) is 31.5 Å². The number of hydrogen-bond donors (Lipinski definition) is 1. The van der Waals surface area contributed by atoms with Gasteiger partial charge in [0.2, 0.25) is 0 Å². The number of hydrogen-bond acceptors (Lipinski definition) is 2. The quantitative estimate of drug-likeness (QED) is 0.687. The second-order valence-electron chi connectivity index (χ2n) is 3.26. The number of nitrogens with zero attached hydrogens (tertiary/aromatic N) is 2. The second kappa shape index (κ2) is 3.07. The van der Waals surface area contributed by atoms with Crippen molar-refractivity contribution in [1.82, 2.24) is 9.38 Å². The average Bonchev–Trinajstić information content (AvgIpc) is 2.47. The molecule has 0 aliphatic rings. The van der Waals surface area contributed by atoms with Crippen LogP contribution in [-0.2, 0) is 0 Å². The fourth-order valence-electron chi connectivity index (χ4n) is 1.38. The molecule has 2 heterocycles. The van der Waals surface area contributed by atoms with E-state index in [0.29, 0.717) is 0 Å². The Morgan fingerprint density at radius 1 is 1.54 bits per heavy atom. The summed E-state index contributed by atoms with van der Waals surface area (Å²) in [6.07, 6.45) is 3.92. The van der Waals surface area contributed by atoms with E-state index in [1.807, 2.05) is 19.3 Å². The molecule has 2 aromatic heterocycles. The predicted molar refractivity (Wildman–Crippen MR) is 57.3 cm³/mol. The summed E-state index contributed by atoms with van der Waals surface area (Å²) in [7, 11) is 0. The molecular formula is C10H12N2S. The minimum Gasteiger partial charge on any atom is -0.304 e. The van der Waals surface area contributed by atoms with Crippen molar-refractivity contribution in [2.75, 3.05) is 0 Å². The van der Waals surface area contributed by atoms with Crippen molar-refractivity contribution >= 4 is 18.3 Å². The first-order valence-corrected chi connectivity index (χ1v) is 4.82. The highest BCUT2D eigenvalue weighted by molar-refractivity contribution is 7.80. The smallest absolute Gasteiger partial charge is 0.137 e. The van der Waals surface area contributed by atoms with Crippen molar-refractivity contribution in [3.8, 4) is 0 Å². The van der Waals surface area contributed by atoms with Crippen molar-refractivity contribution in [3.05, 3.63) is 35.8 Å². The second-order valence-corrected chi connectivity index (χ2v) is 4.04. The molecule has 0 aliphatic heterocycles. The van der Waals surface area contributed by atoms with Crippen LogP contribution < -0.4 is 0 Å². The van der Waals surface area contributed by atoms with Gasteiger partial charge in [0, 0.05) is 23.3 Å². The van der Waals surface area contributed by atoms with Crippen LogP contribution in [0.5, 0.6) is 0 Å². The number of aromatic nitrogens is 2. The fourth-order valence-corrected chi connectivity index (χ4v) is 1.54. The van der Waals surface area contributed by atoms with Gasteiger partial charge in [-0.3, -0.25) is 0 Å². The fraction of sp³-hybridized carbons (Fsp3) is 0.300. The van der Waals surface area contributed by atoms with Crippen molar-refractivity contribution in [2.24, 2.45) is 0 Å². The third-order valence-electron chi connectivity index (χ3n) is 2.20. The summed E-state index contributed by atoms with van der Waals surface area (Å²) in [5.74, 6) is 0. The lowest BCUT2D eigenvalue weighted by Crippen LogP contribution is -1.90. The zero-order valence-electron chi connectivity index (χ0n) is 7.73. The van der Waals surface area contributed by atoms with Crippen molar-refractivity contribution < 1.29 is 0 Å². The van der Waals surface area contributed by atoms with Crippen LogP contribution in [0.2, 0.25) is 0 Å². The Hall–Kier alpha value is -0.960. The van der Waals surface area contributed by atoms with Gasteiger partial charge in [0.15, 0.2) is 0 Å². The van der Waals surface area contributed by atoms with Gasteiger partial charge in [-0.15, -0.1) is 0 Å². The predicted octanol–water partition coefficient (Wildman–Crippen LogP) is 2.63. The first-order chi connectivity index (χ1) is 6.18. The summed E-state index contributed by atoms with van der Waals surface area (Å²) in [4.78, 5) is 4.29. The zero-order chi connectivity index (χ0) is 9.42. The maximum absolute atomic E-state index is 4.38. The summed E-state index contributed by atoms with van der Waals surface area (Å²) in [5.41, 5.74) is 3.37. The highest BCUT2D eigenvalue weighted by Gasteiger charge is 2.03. The molecule has 0 fully saturated rings. The molecule has 13 heavy (non-hydrogen) atoms. The molecule has 3 heteroatoms. The van der Waals surface area contributed by atoms with E-state index in [4.69, 9.17) is 0 Å². The van der Waals surface area contributed by atoms with Gasteiger partial charge in [0.05, 0.1) is 0 Å². The lowest BCUT2D eigenvalue weighted by molar-refractivity contribution is 1.06. The summed E-state index contributed by atoms with van der Waals surface area (Å²) in [6, 6.07) is 4.16. The molecule has 0 N–H and O–H groups in total. The highest BCUT2D eigenvalue weighted by atomic mass is 32.1. The molecule has 2 aromatic rings. The van der Waals surface area contributed by atoms with E-state index < -0.39 is 0 Å². The van der Waals surface area contributed by atoms with Gasteiger partial charge in [0.1, 0.15) is 5.65 Å². The maximum Gasteiger partial charge on any atom is 0.137 e. The summed E-state index contributed by atoms with van der Waals surface area (Å²) in [5, 5.41) is 0.266. The largest absolute Gasteiger partial charge is 0.304 e. The molecule has 0 radical (unpaired) electrons. The molecule has 2 rings (SSSR count). The number of pyridine rings is 1. The number of fused-ring (bicyclic) bond motifs is 1. The van der Waals surface area contributed by atoms with E-state index in [-0.39, 0.29) is 5.25 Å². The SMILES string of the molecule is Cc1cnc2cc(C(C)S)ccn12. The van der Waals surface area contributed by atoms with Crippen molar-refractivity contribution in [2.45, 2.75) is 19.1 Å². The molecule has 0 spiro atoms. The Morgan fingerprint density at radius 2 is 2.31 bits per heavy atom. The molecule has 0 amide bonds. The van der Waals surface area contributed by atoms with Gasteiger partial charge < -0.3 is 4.40 Å².